The number of ether oxygens (including phenoxy) is 4. The largest absolute Gasteiger partial charge is 0.481 e. The van der Waals surface area contributed by atoms with Crippen LogP contribution >= 0.6 is 0 Å². The molecule has 64 heavy (non-hydrogen) atoms. The lowest BCUT2D eigenvalue weighted by Crippen LogP contribution is -2.32. The number of unbranched alkanes of at least 4 members (excludes halogenated alkanes) is 14. The van der Waals surface area contributed by atoms with E-state index in [-0.39, 0.29) is 94.5 Å². The fourth-order valence-electron chi connectivity index (χ4n) is 6.27. The fraction of sp³-hybridized carbons (Fsp3) is 0.848. The minimum Gasteiger partial charge on any atom is -0.481 e. The van der Waals surface area contributed by atoms with E-state index in [0.717, 1.165) is 51.4 Å². The molecule has 0 aliphatic rings. The summed E-state index contributed by atoms with van der Waals surface area (Å²) in [6.07, 6.45) is 21.4. The van der Waals surface area contributed by atoms with Crippen molar-refractivity contribution in [3.05, 3.63) is 0 Å². The van der Waals surface area contributed by atoms with Gasteiger partial charge in [0.1, 0.15) is 13.2 Å². The van der Waals surface area contributed by atoms with Crippen LogP contribution in [0.15, 0.2) is 0 Å². The second-order valence-corrected chi connectivity index (χ2v) is 15.9. The molecule has 18 heteroatoms. The summed E-state index contributed by atoms with van der Waals surface area (Å²) in [4.78, 5) is 82.1. The first-order valence-corrected chi connectivity index (χ1v) is 24.3. The minimum atomic E-state index is -0.698. The second-order valence-electron chi connectivity index (χ2n) is 15.9. The van der Waals surface area contributed by atoms with Gasteiger partial charge in [-0.3, -0.25) is 33.6 Å². The van der Waals surface area contributed by atoms with E-state index in [0.29, 0.717) is 84.4 Å². The molecule has 0 aromatic rings. The Morgan fingerprint density at radius 1 is 0.312 bits per heavy atom. The second kappa shape index (κ2) is 47.1. The van der Waals surface area contributed by atoms with Crippen LogP contribution < -0.4 is 31.9 Å². The molecule has 0 unspecified atom stereocenters. The number of aliphatic carboxylic acids is 1. The van der Waals surface area contributed by atoms with Crippen molar-refractivity contribution >= 4 is 41.4 Å². The van der Waals surface area contributed by atoms with Crippen LogP contribution in [-0.4, -0.2) is 139 Å². The van der Waals surface area contributed by atoms with Crippen LogP contribution in [-0.2, 0) is 52.5 Å². The van der Waals surface area contributed by atoms with E-state index in [1.165, 1.54) is 51.4 Å². The highest BCUT2D eigenvalue weighted by molar-refractivity contribution is 5.79. The summed E-state index contributed by atoms with van der Waals surface area (Å²) in [5.41, 5.74) is 0. The van der Waals surface area contributed by atoms with Crippen LogP contribution in [0, 0.1) is 0 Å². The van der Waals surface area contributed by atoms with Crippen molar-refractivity contribution in [3.8, 4) is 0 Å². The van der Waals surface area contributed by atoms with Crippen molar-refractivity contribution in [1.29, 1.82) is 0 Å². The van der Waals surface area contributed by atoms with Crippen molar-refractivity contribution in [2.75, 3.05) is 92.1 Å². The molecule has 0 atom stereocenters. The Morgan fingerprint density at radius 2 is 0.594 bits per heavy atom. The topological polar surface area (TPSA) is 249 Å². The zero-order valence-corrected chi connectivity index (χ0v) is 39.3. The molecule has 0 rings (SSSR count). The Bertz CT molecular complexity index is 1210. The Balaban J connectivity index is 3.44. The standard InChI is InChI=1S/C46H86N6O12/c1-2-3-26-47-41(54)23-20-29-50-44(57)38-63-36-35-62-33-31-52-45(58)39-64-37-34-61-32-30-51-43(56)24-19-28-49-42(55)22-18-27-48-40(53)21-16-14-12-10-8-6-4-5-7-9-11-13-15-17-25-46(59)60/h2-39H2,1H3,(H,47,54)(H,48,53)(H,49,55)(H,50,57)(H,51,56)(H,52,58)(H,59,60). The molecule has 0 spiro atoms. The molecular weight excluding hydrogens is 829 g/mol. The van der Waals surface area contributed by atoms with Crippen LogP contribution in [0.1, 0.15) is 161 Å². The van der Waals surface area contributed by atoms with E-state index >= 15 is 0 Å². The summed E-state index contributed by atoms with van der Waals surface area (Å²) >= 11 is 0. The zero-order chi connectivity index (χ0) is 47.0. The lowest BCUT2D eigenvalue weighted by Gasteiger charge is -2.09. The molecular formula is C46H86N6O12. The highest BCUT2D eigenvalue weighted by Crippen LogP contribution is 2.14. The summed E-state index contributed by atoms with van der Waals surface area (Å²) in [5, 5.41) is 25.3. The third-order valence-electron chi connectivity index (χ3n) is 9.95. The molecule has 0 saturated carbocycles. The normalized spacial score (nSPS) is 10.9. The van der Waals surface area contributed by atoms with Gasteiger partial charge in [0.25, 0.3) is 0 Å². The van der Waals surface area contributed by atoms with Gasteiger partial charge >= 0.3 is 5.97 Å². The number of hydrogen-bond donors (Lipinski definition) is 7. The van der Waals surface area contributed by atoms with Crippen molar-refractivity contribution in [3.63, 3.8) is 0 Å². The number of carbonyl (C=O) groups excluding carboxylic acids is 6. The summed E-state index contributed by atoms with van der Waals surface area (Å²) in [7, 11) is 0. The van der Waals surface area contributed by atoms with Crippen LogP contribution in [0.2, 0.25) is 0 Å². The molecule has 372 valence electrons. The van der Waals surface area contributed by atoms with Crippen LogP contribution in [0.5, 0.6) is 0 Å². The van der Waals surface area contributed by atoms with Crippen LogP contribution in [0.3, 0.4) is 0 Å². The van der Waals surface area contributed by atoms with Gasteiger partial charge in [-0.2, -0.15) is 0 Å². The first-order chi connectivity index (χ1) is 31.1. The van der Waals surface area contributed by atoms with Gasteiger partial charge in [-0.15, -0.1) is 0 Å². The Kier molecular flexibility index (Phi) is 44.3. The monoisotopic (exact) mass is 915 g/mol. The predicted molar refractivity (Wildman–Crippen MR) is 245 cm³/mol. The molecule has 0 heterocycles. The number of amides is 6. The smallest absolute Gasteiger partial charge is 0.303 e. The van der Waals surface area contributed by atoms with Crippen molar-refractivity contribution in [2.24, 2.45) is 0 Å². The molecule has 7 N–H and O–H groups in total. The van der Waals surface area contributed by atoms with Gasteiger partial charge in [0.15, 0.2) is 0 Å². The Labute approximate surface area is 383 Å². The lowest BCUT2D eigenvalue weighted by molar-refractivity contribution is -0.137. The Hall–Kier alpha value is -3.87. The summed E-state index contributed by atoms with van der Waals surface area (Å²) in [6, 6.07) is 0. The number of carbonyl (C=O) groups is 7. The number of carboxylic acid groups (broad SMARTS) is 1. The van der Waals surface area contributed by atoms with Gasteiger partial charge in [-0.25, -0.2) is 0 Å². The molecule has 0 bridgehead atoms. The number of hydrogen-bond acceptors (Lipinski definition) is 11. The molecule has 6 amide bonds. The quantitative estimate of drug-likeness (QED) is 0.0425. The van der Waals surface area contributed by atoms with Gasteiger partial charge in [0.2, 0.25) is 35.4 Å². The number of nitrogens with one attached hydrogen (secondary N) is 6. The zero-order valence-electron chi connectivity index (χ0n) is 39.3. The van der Waals surface area contributed by atoms with E-state index in [2.05, 4.69) is 38.8 Å². The molecule has 0 saturated heterocycles. The molecule has 0 aromatic carbocycles. The van der Waals surface area contributed by atoms with Gasteiger partial charge in [-0.1, -0.05) is 90.4 Å². The van der Waals surface area contributed by atoms with E-state index < -0.39 is 5.97 Å². The van der Waals surface area contributed by atoms with E-state index in [9.17, 15) is 33.6 Å². The molecule has 0 fully saturated rings. The summed E-state index contributed by atoms with van der Waals surface area (Å²) in [5.74, 6) is -1.47. The first-order valence-electron chi connectivity index (χ1n) is 24.3. The minimum absolute atomic E-state index is 0.0114. The number of rotatable bonds is 48. The summed E-state index contributed by atoms with van der Waals surface area (Å²) in [6.45, 7) is 5.97. The molecule has 0 aromatic heterocycles. The maximum Gasteiger partial charge on any atom is 0.303 e. The van der Waals surface area contributed by atoms with Crippen molar-refractivity contribution in [1.82, 2.24) is 31.9 Å². The maximum atomic E-state index is 12.1. The van der Waals surface area contributed by atoms with Gasteiger partial charge in [0, 0.05) is 71.4 Å². The molecule has 0 aliphatic carbocycles. The average molecular weight is 915 g/mol. The van der Waals surface area contributed by atoms with E-state index in [1.807, 2.05) is 0 Å². The average Bonchev–Trinajstić information content (AvgIpc) is 3.27. The summed E-state index contributed by atoms with van der Waals surface area (Å²) < 4.78 is 21.4. The van der Waals surface area contributed by atoms with Gasteiger partial charge < -0.3 is 56.0 Å². The maximum absolute atomic E-state index is 12.1. The fourth-order valence-corrected chi connectivity index (χ4v) is 6.27. The first kappa shape index (κ1) is 60.1. The van der Waals surface area contributed by atoms with E-state index in [1.54, 1.807) is 0 Å². The van der Waals surface area contributed by atoms with Crippen molar-refractivity contribution in [2.45, 2.75) is 161 Å². The Morgan fingerprint density at radius 3 is 0.969 bits per heavy atom. The highest BCUT2D eigenvalue weighted by Gasteiger charge is 2.07. The molecule has 18 nitrogen and oxygen atoms in total. The molecule has 0 aliphatic heterocycles. The third kappa shape index (κ3) is 47.6. The third-order valence-corrected chi connectivity index (χ3v) is 9.95. The lowest BCUT2D eigenvalue weighted by atomic mass is 10.0. The SMILES string of the molecule is CCCCNC(=O)CCCNC(=O)COCCOCCNC(=O)COCCOCCNC(=O)CCCNC(=O)CCCNC(=O)CCCCCCCCCCCCCCCCC(=O)O. The number of carboxylic acids is 1. The van der Waals surface area contributed by atoms with E-state index in [4.69, 9.17) is 24.1 Å². The van der Waals surface area contributed by atoms with Crippen LogP contribution in [0.4, 0.5) is 0 Å². The van der Waals surface area contributed by atoms with Crippen molar-refractivity contribution < 1.29 is 57.6 Å². The van der Waals surface area contributed by atoms with Crippen LogP contribution in [0.25, 0.3) is 0 Å². The highest BCUT2D eigenvalue weighted by atomic mass is 16.5. The van der Waals surface area contributed by atoms with Gasteiger partial charge in [-0.05, 0) is 38.5 Å². The molecule has 0 radical (unpaired) electrons. The predicted octanol–water partition coefficient (Wildman–Crippen LogP) is 4.22. The van der Waals surface area contributed by atoms with Gasteiger partial charge in [0.05, 0.1) is 39.6 Å².